The van der Waals surface area contributed by atoms with E-state index >= 15 is 0 Å². The highest BCUT2D eigenvalue weighted by molar-refractivity contribution is 5.71. The van der Waals surface area contributed by atoms with Gasteiger partial charge in [0, 0.05) is 19.3 Å². The molecule has 0 bridgehead atoms. The maximum absolute atomic E-state index is 12.7. The molecule has 0 aromatic carbocycles. The molecule has 0 spiro atoms. The van der Waals surface area contributed by atoms with Gasteiger partial charge in [-0.15, -0.1) is 0 Å². The monoisotopic (exact) mass is 899 g/mol. The lowest BCUT2D eigenvalue weighted by atomic mass is 10.1. The van der Waals surface area contributed by atoms with Crippen LogP contribution in [-0.2, 0) is 28.6 Å². The summed E-state index contributed by atoms with van der Waals surface area (Å²) in [7, 11) is 0. The number of unbranched alkanes of at least 4 members (excludes halogenated alkanes) is 4. The first kappa shape index (κ1) is 60.0. The molecular weight excluding hydrogens is 817 g/mol. The molecule has 0 aromatic heterocycles. The minimum atomic E-state index is -0.879. The van der Waals surface area contributed by atoms with E-state index in [0.29, 0.717) is 19.3 Å². The molecule has 0 amide bonds. The third kappa shape index (κ3) is 49.0. The molecule has 0 aliphatic rings. The second-order valence-corrected chi connectivity index (χ2v) is 14.8. The summed E-state index contributed by atoms with van der Waals surface area (Å²) in [6.07, 6.45) is 81.1. The van der Waals surface area contributed by atoms with Crippen molar-refractivity contribution in [3.8, 4) is 0 Å². The van der Waals surface area contributed by atoms with Gasteiger partial charge in [-0.25, -0.2) is 0 Å². The first-order valence-electron chi connectivity index (χ1n) is 24.3. The maximum atomic E-state index is 12.7. The first-order valence-corrected chi connectivity index (χ1v) is 24.3. The van der Waals surface area contributed by atoms with Gasteiger partial charge in [0.2, 0.25) is 0 Å². The van der Waals surface area contributed by atoms with Crippen molar-refractivity contribution >= 4 is 17.9 Å². The molecule has 6 nitrogen and oxygen atoms in total. The average molecular weight is 899 g/mol. The minimum Gasteiger partial charge on any atom is -0.462 e. The fourth-order valence-electron chi connectivity index (χ4n) is 5.32. The van der Waals surface area contributed by atoms with Crippen molar-refractivity contribution in [2.75, 3.05) is 13.2 Å². The van der Waals surface area contributed by atoms with E-state index in [0.717, 1.165) is 70.6 Å². The predicted octanol–water partition coefficient (Wildman–Crippen LogP) is 16.1. The van der Waals surface area contributed by atoms with E-state index in [1.165, 1.54) is 0 Å². The van der Waals surface area contributed by atoms with Crippen LogP contribution >= 0.6 is 0 Å². The van der Waals surface area contributed by atoms with Crippen molar-refractivity contribution < 1.29 is 28.6 Å². The van der Waals surface area contributed by atoms with Crippen LogP contribution in [0.3, 0.4) is 0 Å². The lowest BCUT2D eigenvalue weighted by Gasteiger charge is -2.18. The lowest BCUT2D eigenvalue weighted by molar-refractivity contribution is -0.166. The maximum Gasteiger partial charge on any atom is 0.306 e. The van der Waals surface area contributed by atoms with Crippen molar-refractivity contribution in [3.63, 3.8) is 0 Å². The van der Waals surface area contributed by atoms with E-state index < -0.39 is 18.0 Å². The fraction of sp³-hybridized carbons (Fsp3) is 0.383. The highest BCUT2D eigenvalue weighted by atomic mass is 16.6. The normalized spacial score (nSPS) is 13.9. The Bertz CT molecular complexity index is 1740. The number of carbonyl (C=O) groups excluding carboxylic acids is 3. The highest BCUT2D eigenvalue weighted by Crippen LogP contribution is 2.09. The molecule has 0 heterocycles. The summed E-state index contributed by atoms with van der Waals surface area (Å²) >= 11 is 0. The minimum absolute atomic E-state index is 0.165. The van der Waals surface area contributed by atoms with Crippen molar-refractivity contribution in [1.29, 1.82) is 0 Å². The molecule has 1 atom stereocenters. The molecule has 358 valence electrons. The van der Waals surface area contributed by atoms with Crippen LogP contribution in [0.15, 0.2) is 207 Å². The molecule has 0 fully saturated rings. The van der Waals surface area contributed by atoms with Gasteiger partial charge in [0.1, 0.15) is 13.2 Å². The largest absolute Gasteiger partial charge is 0.462 e. The van der Waals surface area contributed by atoms with Gasteiger partial charge in [-0.3, -0.25) is 14.4 Å². The Morgan fingerprint density at radius 2 is 0.667 bits per heavy atom. The van der Waals surface area contributed by atoms with Gasteiger partial charge in [0.25, 0.3) is 0 Å². The average Bonchev–Trinajstić information content (AvgIpc) is 3.31. The van der Waals surface area contributed by atoms with E-state index in [1.54, 1.807) is 0 Å². The van der Waals surface area contributed by atoms with Crippen LogP contribution in [0.25, 0.3) is 0 Å². The molecular formula is C60H82O6. The van der Waals surface area contributed by atoms with Crippen LogP contribution in [0.5, 0.6) is 0 Å². The molecule has 0 N–H and O–H groups in total. The molecule has 0 rings (SSSR count). The molecule has 0 aliphatic heterocycles. The zero-order valence-electron chi connectivity index (χ0n) is 40.6. The Morgan fingerprint density at radius 3 is 1.09 bits per heavy atom. The van der Waals surface area contributed by atoms with Crippen LogP contribution in [0.4, 0.5) is 0 Å². The molecule has 0 aromatic rings. The van der Waals surface area contributed by atoms with E-state index in [9.17, 15) is 14.4 Å². The van der Waals surface area contributed by atoms with Gasteiger partial charge in [-0.2, -0.15) is 0 Å². The lowest BCUT2D eigenvalue weighted by Crippen LogP contribution is -2.30. The van der Waals surface area contributed by atoms with Crippen LogP contribution in [-0.4, -0.2) is 37.2 Å². The van der Waals surface area contributed by atoms with Gasteiger partial charge in [0.15, 0.2) is 6.10 Å². The molecule has 6 heteroatoms. The van der Waals surface area contributed by atoms with Crippen molar-refractivity contribution in [3.05, 3.63) is 207 Å². The summed E-state index contributed by atoms with van der Waals surface area (Å²) in [5.74, 6) is -1.19. The number of allylic oxidation sites excluding steroid dienone is 34. The molecule has 0 aliphatic carbocycles. The molecule has 0 radical (unpaired) electrons. The van der Waals surface area contributed by atoms with E-state index in [2.05, 4.69) is 87.6 Å². The number of hydrogen-bond donors (Lipinski definition) is 0. The number of ether oxygens (including phenoxy) is 3. The fourth-order valence-corrected chi connectivity index (χ4v) is 5.32. The zero-order valence-corrected chi connectivity index (χ0v) is 40.6. The standard InChI is InChI=1S/C60H82O6/c1-4-7-10-13-16-19-22-25-27-29-30-31-33-35-38-41-44-47-50-53-59(62)65-56-57(55-64-58(61)52-49-46-43-40-37-34-24-21-18-15-12-9-6-3)66-60(63)54-51-48-45-42-39-36-32-28-26-23-20-17-14-11-8-5-2/h7-13,15-22,24-31,33-40,43,45,48,57H,4-6,14,23,32,41-42,44,46-47,49-56H2,1-3H3/b10-7-,11-8-,12-9-,16-13-,18-15-,20-17-,22-19-,24-21-,27-25-,28-26-,30-29+,33-31-,37-34-,38-35-,39-36-,43-40-,48-45-. The second kappa shape index (κ2) is 51.6. The van der Waals surface area contributed by atoms with Crippen LogP contribution in [0.1, 0.15) is 130 Å². The SMILES string of the molecule is CC\C=C/C=C\C=C/C=C\C=C/CCCC(=O)OCC(COC(=O)CCCCC\C=C/C=C\C=C\C=C/C=C\C=C/C=C\CC)OC(=O)CC/C=C\C/C=C\C/C=C\C/C=C\C/C=C\CC. The Balaban J connectivity index is 4.76. The topological polar surface area (TPSA) is 78.9 Å². The number of carbonyl (C=O) groups is 3. The first-order chi connectivity index (χ1) is 32.5. The van der Waals surface area contributed by atoms with Crippen LogP contribution in [0.2, 0.25) is 0 Å². The number of esters is 3. The van der Waals surface area contributed by atoms with Gasteiger partial charge < -0.3 is 14.2 Å². The summed E-state index contributed by atoms with van der Waals surface area (Å²) in [4.78, 5) is 37.9. The summed E-state index contributed by atoms with van der Waals surface area (Å²) < 4.78 is 16.6. The summed E-state index contributed by atoms with van der Waals surface area (Å²) in [6.45, 7) is 6.01. The van der Waals surface area contributed by atoms with Gasteiger partial charge >= 0.3 is 17.9 Å². The summed E-state index contributed by atoms with van der Waals surface area (Å²) in [5.41, 5.74) is 0. The highest BCUT2D eigenvalue weighted by Gasteiger charge is 2.19. The smallest absolute Gasteiger partial charge is 0.306 e. The molecule has 0 saturated heterocycles. The van der Waals surface area contributed by atoms with Crippen molar-refractivity contribution in [2.24, 2.45) is 0 Å². The number of hydrogen-bond acceptors (Lipinski definition) is 6. The third-order valence-electron chi connectivity index (χ3n) is 8.85. The Labute approximate surface area is 400 Å². The third-order valence-corrected chi connectivity index (χ3v) is 8.85. The van der Waals surface area contributed by atoms with Gasteiger partial charge in [-0.05, 0) is 83.5 Å². The predicted molar refractivity (Wildman–Crippen MR) is 283 cm³/mol. The Morgan fingerprint density at radius 1 is 0.318 bits per heavy atom. The Kier molecular flexibility index (Phi) is 46.9. The quantitative estimate of drug-likeness (QED) is 0.0201. The number of rotatable bonds is 39. The van der Waals surface area contributed by atoms with E-state index in [1.807, 2.05) is 140 Å². The zero-order chi connectivity index (χ0) is 47.9. The van der Waals surface area contributed by atoms with Crippen LogP contribution < -0.4 is 0 Å². The van der Waals surface area contributed by atoms with E-state index in [-0.39, 0.29) is 38.4 Å². The van der Waals surface area contributed by atoms with Gasteiger partial charge in [0.05, 0.1) is 0 Å². The molecule has 1 unspecified atom stereocenters. The summed E-state index contributed by atoms with van der Waals surface area (Å²) in [5, 5.41) is 0. The second-order valence-electron chi connectivity index (χ2n) is 14.8. The summed E-state index contributed by atoms with van der Waals surface area (Å²) in [6, 6.07) is 0. The van der Waals surface area contributed by atoms with Gasteiger partial charge in [-0.1, -0.05) is 234 Å². The molecule has 0 saturated carbocycles. The van der Waals surface area contributed by atoms with Crippen molar-refractivity contribution in [2.45, 2.75) is 136 Å². The Hall–Kier alpha value is -6.01. The molecule has 66 heavy (non-hydrogen) atoms. The van der Waals surface area contributed by atoms with Crippen molar-refractivity contribution in [1.82, 2.24) is 0 Å². The van der Waals surface area contributed by atoms with E-state index in [4.69, 9.17) is 14.2 Å². The van der Waals surface area contributed by atoms with Crippen LogP contribution in [0, 0.1) is 0 Å².